The Balaban J connectivity index is 1.30. The number of hydrogen-bond donors (Lipinski definition) is 1. The number of hydrogen-bond acceptors (Lipinski definition) is 3. The number of anilines is 1. The summed E-state index contributed by atoms with van der Waals surface area (Å²) < 4.78 is 40.7. The minimum Gasteiger partial charge on any atom is -0.406 e. The molecule has 0 unspecified atom stereocenters. The van der Waals surface area contributed by atoms with Crippen molar-refractivity contribution in [1.82, 2.24) is 9.80 Å². The SMILES string of the molecule is O=C(Nc1ccc(OC(F)(F)F)cc1)N1CCC2(CCN(C(=O)c3ccccc3Cl)CC2)C1. The average molecular weight is 482 g/mol. The highest BCUT2D eigenvalue weighted by Crippen LogP contribution is 2.41. The van der Waals surface area contributed by atoms with E-state index in [9.17, 15) is 22.8 Å². The number of amides is 3. The maximum Gasteiger partial charge on any atom is 0.573 e. The number of likely N-dealkylation sites (tertiary alicyclic amines) is 2. The van der Waals surface area contributed by atoms with Crippen LogP contribution in [0.15, 0.2) is 48.5 Å². The molecule has 0 aliphatic carbocycles. The van der Waals surface area contributed by atoms with Crippen LogP contribution in [-0.4, -0.2) is 54.3 Å². The summed E-state index contributed by atoms with van der Waals surface area (Å²) in [6, 6.07) is 11.7. The van der Waals surface area contributed by atoms with Gasteiger partial charge in [0.15, 0.2) is 0 Å². The Labute approximate surface area is 194 Å². The second-order valence-electron chi connectivity index (χ2n) is 8.45. The fourth-order valence-electron chi connectivity index (χ4n) is 4.45. The molecule has 0 saturated carbocycles. The van der Waals surface area contributed by atoms with Gasteiger partial charge in [0.05, 0.1) is 10.6 Å². The predicted octanol–water partition coefficient (Wildman–Crippen LogP) is 5.40. The van der Waals surface area contributed by atoms with E-state index in [0.29, 0.717) is 42.5 Å². The number of urea groups is 1. The third kappa shape index (κ3) is 5.52. The Morgan fingerprint density at radius 1 is 0.939 bits per heavy atom. The van der Waals surface area contributed by atoms with Gasteiger partial charge in [-0.15, -0.1) is 13.2 Å². The number of nitrogens with zero attached hydrogens (tertiary/aromatic N) is 2. The van der Waals surface area contributed by atoms with Crippen LogP contribution in [0.3, 0.4) is 0 Å². The zero-order chi connectivity index (χ0) is 23.6. The number of alkyl halides is 3. The number of rotatable bonds is 3. The van der Waals surface area contributed by atoms with E-state index in [1.165, 1.54) is 12.1 Å². The van der Waals surface area contributed by atoms with Crippen LogP contribution in [0.1, 0.15) is 29.6 Å². The molecule has 1 N–H and O–H groups in total. The Bertz CT molecular complexity index is 1020. The Hall–Kier alpha value is -2.94. The van der Waals surface area contributed by atoms with Gasteiger partial charge in [-0.1, -0.05) is 23.7 Å². The first-order valence-electron chi connectivity index (χ1n) is 10.6. The molecule has 176 valence electrons. The van der Waals surface area contributed by atoms with Crippen molar-refractivity contribution in [2.45, 2.75) is 25.6 Å². The van der Waals surface area contributed by atoms with Gasteiger partial charge in [0.2, 0.25) is 0 Å². The minimum absolute atomic E-state index is 0.0427. The third-order valence-electron chi connectivity index (χ3n) is 6.28. The number of piperidine rings is 1. The second kappa shape index (κ2) is 9.13. The standard InChI is InChI=1S/C23H23ClF3N3O3/c24-19-4-2-1-3-18(19)20(31)29-12-9-22(10-13-29)11-14-30(15-22)21(32)28-16-5-7-17(8-6-16)33-23(25,26)27/h1-8H,9-15H2,(H,28,32). The largest absolute Gasteiger partial charge is 0.573 e. The van der Waals surface area contributed by atoms with Crippen molar-refractivity contribution in [3.63, 3.8) is 0 Å². The highest BCUT2D eigenvalue weighted by Gasteiger charge is 2.43. The van der Waals surface area contributed by atoms with Gasteiger partial charge in [0.25, 0.3) is 5.91 Å². The van der Waals surface area contributed by atoms with Crippen LogP contribution in [0.5, 0.6) is 5.75 Å². The first-order chi connectivity index (χ1) is 15.6. The van der Waals surface area contributed by atoms with Crippen LogP contribution in [0.25, 0.3) is 0 Å². The molecule has 33 heavy (non-hydrogen) atoms. The summed E-state index contributed by atoms with van der Waals surface area (Å²) in [5, 5.41) is 3.16. The number of halogens is 4. The summed E-state index contributed by atoms with van der Waals surface area (Å²) in [5.41, 5.74) is 0.837. The smallest absolute Gasteiger partial charge is 0.406 e. The molecule has 2 saturated heterocycles. The first-order valence-corrected chi connectivity index (χ1v) is 11.0. The van der Waals surface area contributed by atoms with Crippen LogP contribution in [0.2, 0.25) is 5.02 Å². The lowest BCUT2D eigenvalue weighted by Crippen LogP contribution is -2.45. The molecule has 0 atom stereocenters. The molecular weight excluding hydrogens is 459 g/mol. The number of ether oxygens (including phenoxy) is 1. The number of nitrogens with one attached hydrogen (secondary N) is 1. The summed E-state index contributed by atoms with van der Waals surface area (Å²) >= 11 is 6.16. The van der Waals surface area contributed by atoms with Gasteiger partial charge in [0.1, 0.15) is 5.75 Å². The van der Waals surface area contributed by atoms with Gasteiger partial charge in [-0.25, -0.2) is 4.79 Å². The van der Waals surface area contributed by atoms with Gasteiger partial charge < -0.3 is 19.9 Å². The second-order valence-corrected chi connectivity index (χ2v) is 8.85. The van der Waals surface area contributed by atoms with Crippen molar-refractivity contribution < 1.29 is 27.5 Å². The maximum absolute atomic E-state index is 12.8. The van der Waals surface area contributed by atoms with Crippen molar-refractivity contribution in [2.75, 3.05) is 31.5 Å². The van der Waals surface area contributed by atoms with Crippen molar-refractivity contribution in [1.29, 1.82) is 0 Å². The topological polar surface area (TPSA) is 61.9 Å². The van der Waals surface area contributed by atoms with E-state index < -0.39 is 6.36 Å². The maximum atomic E-state index is 12.8. The van der Waals surface area contributed by atoms with Crippen LogP contribution < -0.4 is 10.1 Å². The number of benzene rings is 2. The number of carbonyl (C=O) groups excluding carboxylic acids is 2. The molecule has 1 spiro atoms. The van der Waals surface area contributed by atoms with Gasteiger partial charge in [-0.05, 0) is 61.1 Å². The van der Waals surface area contributed by atoms with E-state index in [1.54, 1.807) is 34.1 Å². The van der Waals surface area contributed by atoms with E-state index in [2.05, 4.69) is 10.1 Å². The quantitative estimate of drug-likeness (QED) is 0.638. The molecule has 0 aromatic heterocycles. The lowest BCUT2D eigenvalue weighted by atomic mass is 9.77. The van der Waals surface area contributed by atoms with Crippen molar-refractivity contribution in [3.05, 3.63) is 59.1 Å². The van der Waals surface area contributed by atoms with Gasteiger partial charge in [0, 0.05) is 31.9 Å². The first kappa shape index (κ1) is 23.2. The minimum atomic E-state index is -4.76. The molecule has 3 amide bonds. The molecule has 0 radical (unpaired) electrons. The van der Waals surface area contributed by atoms with Crippen molar-refractivity contribution in [2.24, 2.45) is 5.41 Å². The summed E-state index contributed by atoms with van der Waals surface area (Å²) in [5.74, 6) is -0.431. The molecular formula is C23H23ClF3N3O3. The zero-order valence-electron chi connectivity index (χ0n) is 17.7. The number of carbonyl (C=O) groups is 2. The van der Waals surface area contributed by atoms with E-state index in [4.69, 9.17) is 11.6 Å². The molecule has 2 fully saturated rings. The fourth-order valence-corrected chi connectivity index (χ4v) is 4.66. The molecule has 2 aromatic rings. The molecule has 10 heteroatoms. The monoisotopic (exact) mass is 481 g/mol. The molecule has 2 heterocycles. The highest BCUT2D eigenvalue weighted by atomic mass is 35.5. The lowest BCUT2D eigenvalue weighted by Gasteiger charge is -2.39. The molecule has 0 bridgehead atoms. The molecule has 2 aromatic carbocycles. The fraction of sp³-hybridized carbons (Fsp3) is 0.391. The normalized spacial score (nSPS) is 17.8. The van der Waals surface area contributed by atoms with Crippen LogP contribution in [-0.2, 0) is 0 Å². The zero-order valence-corrected chi connectivity index (χ0v) is 18.5. The lowest BCUT2D eigenvalue weighted by molar-refractivity contribution is -0.274. The van der Waals surface area contributed by atoms with Gasteiger partial charge in [-0.2, -0.15) is 0 Å². The van der Waals surface area contributed by atoms with Crippen molar-refractivity contribution >= 4 is 29.2 Å². The Morgan fingerprint density at radius 2 is 1.55 bits per heavy atom. The Kier molecular flexibility index (Phi) is 6.43. The van der Waals surface area contributed by atoms with Crippen LogP contribution in [0, 0.1) is 5.41 Å². The predicted molar refractivity (Wildman–Crippen MR) is 117 cm³/mol. The third-order valence-corrected chi connectivity index (χ3v) is 6.61. The van der Waals surface area contributed by atoms with Crippen LogP contribution >= 0.6 is 11.6 Å². The van der Waals surface area contributed by atoms with Crippen LogP contribution in [0.4, 0.5) is 23.7 Å². The summed E-state index contributed by atoms with van der Waals surface area (Å²) in [4.78, 5) is 29.0. The molecule has 4 rings (SSSR count). The molecule has 2 aliphatic rings. The van der Waals surface area contributed by atoms with Crippen molar-refractivity contribution in [3.8, 4) is 5.75 Å². The van der Waals surface area contributed by atoms with E-state index in [-0.39, 0.29) is 23.1 Å². The van der Waals surface area contributed by atoms with E-state index in [1.807, 2.05) is 0 Å². The highest BCUT2D eigenvalue weighted by molar-refractivity contribution is 6.33. The van der Waals surface area contributed by atoms with E-state index in [0.717, 1.165) is 31.4 Å². The molecule has 6 nitrogen and oxygen atoms in total. The average Bonchev–Trinajstić information content (AvgIpc) is 3.18. The van der Waals surface area contributed by atoms with Gasteiger partial charge >= 0.3 is 12.4 Å². The van der Waals surface area contributed by atoms with Gasteiger partial charge in [-0.3, -0.25) is 4.79 Å². The summed E-state index contributed by atoms with van der Waals surface area (Å²) in [6.07, 6.45) is -2.35. The molecule has 2 aliphatic heterocycles. The summed E-state index contributed by atoms with van der Waals surface area (Å²) in [7, 11) is 0. The Morgan fingerprint density at radius 3 is 2.15 bits per heavy atom. The van der Waals surface area contributed by atoms with E-state index >= 15 is 0 Å². The summed E-state index contributed by atoms with van der Waals surface area (Å²) in [6.45, 7) is 2.35.